The highest BCUT2D eigenvalue weighted by atomic mass is 32.2. The van der Waals surface area contributed by atoms with Crippen molar-refractivity contribution in [3.63, 3.8) is 0 Å². The van der Waals surface area contributed by atoms with E-state index in [9.17, 15) is 13.9 Å². The summed E-state index contributed by atoms with van der Waals surface area (Å²) in [5, 5.41) is 22.0. The number of aliphatic hydroxyl groups excluding tert-OH is 2. The Labute approximate surface area is 116 Å². The predicted molar refractivity (Wildman–Crippen MR) is 73.2 cm³/mol. The van der Waals surface area contributed by atoms with Crippen molar-refractivity contribution in [1.29, 1.82) is 0 Å². The number of hydrogen-bond donors (Lipinski definition) is 3. The maximum Gasteiger partial charge on any atom is 0.129 e. The van der Waals surface area contributed by atoms with E-state index in [1.54, 1.807) is 0 Å². The van der Waals surface area contributed by atoms with Crippen molar-refractivity contribution in [1.82, 2.24) is 5.32 Å². The molecule has 0 aromatic heterocycles. The van der Waals surface area contributed by atoms with Crippen LogP contribution in [-0.4, -0.2) is 40.9 Å². The van der Waals surface area contributed by atoms with Crippen LogP contribution in [0.5, 0.6) is 0 Å². The molecule has 6 heteroatoms. The molecule has 3 N–H and O–H groups in total. The normalized spacial score (nSPS) is 16.1. The van der Waals surface area contributed by atoms with Gasteiger partial charge in [0.1, 0.15) is 11.6 Å². The van der Waals surface area contributed by atoms with Crippen molar-refractivity contribution in [3.05, 3.63) is 35.4 Å². The molecule has 1 aromatic rings. The molecule has 3 atom stereocenters. The molecule has 19 heavy (non-hydrogen) atoms. The minimum Gasteiger partial charge on any atom is -0.395 e. The third kappa shape index (κ3) is 4.72. The maximum absolute atomic E-state index is 13.4. The molecule has 3 nitrogen and oxygen atoms in total. The monoisotopic (exact) mass is 291 g/mol. The van der Waals surface area contributed by atoms with Gasteiger partial charge in [-0.15, -0.1) is 0 Å². The zero-order valence-corrected chi connectivity index (χ0v) is 11.8. The Morgan fingerprint density at radius 1 is 1.37 bits per heavy atom. The first-order valence-electron chi connectivity index (χ1n) is 5.99. The van der Waals surface area contributed by atoms with Crippen molar-refractivity contribution in [3.8, 4) is 0 Å². The average molecular weight is 291 g/mol. The molecule has 1 aromatic carbocycles. The summed E-state index contributed by atoms with van der Waals surface area (Å²) in [6, 6.07) is 2.95. The van der Waals surface area contributed by atoms with Crippen LogP contribution < -0.4 is 5.32 Å². The highest BCUT2D eigenvalue weighted by Crippen LogP contribution is 2.18. The lowest BCUT2D eigenvalue weighted by Gasteiger charge is -2.23. The largest absolute Gasteiger partial charge is 0.395 e. The van der Waals surface area contributed by atoms with E-state index in [0.29, 0.717) is 0 Å². The van der Waals surface area contributed by atoms with Gasteiger partial charge in [-0.1, -0.05) is 0 Å². The summed E-state index contributed by atoms with van der Waals surface area (Å²) >= 11 is 1.50. The van der Waals surface area contributed by atoms with Crippen molar-refractivity contribution in [2.75, 3.05) is 19.4 Å². The van der Waals surface area contributed by atoms with Crippen LogP contribution in [0.3, 0.4) is 0 Å². The lowest BCUT2D eigenvalue weighted by Crippen LogP contribution is -2.39. The van der Waals surface area contributed by atoms with Crippen LogP contribution in [0.2, 0.25) is 0 Å². The van der Waals surface area contributed by atoms with Crippen molar-refractivity contribution in [2.45, 2.75) is 24.3 Å². The number of aliphatic hydroxyl groups is 2. The zero-order chi connectivity index (χ0) is 14.4. The Kier molecular flexibility index (Phi) is 6.71. The lowest BCUT2D eigenvalue weighted by molar-refractivity contribution is 0.163. The third-order valence-corrected chi connectivity index (χ3v) is 4.15. The molecule has 0 bridgehead atoms. The molecule has 0 aliphatic heterocycles. The third-order valence-electron chi connectivity index (χ3n) is 2.99. The van der Waals surface area contributed by atoms with Crippen molar-refractivity contribution >= 4 is 11.8 Å². The van der Waals surface area contributed by atoms with Crippen LogP contribution in [0, 0.1) is 11.6 Å². The quantitative estimate of drug-likeness (QED) is 0.716. The summed E-state index contributed by atoms with van der Waals surface area (Å²) < 4.78 is 26.4. The predicted octanol–water partition coefficient (Wildman–Crippen LogP) is 1.70. The number of benzene rings is 1. The van der Waals surface area contributed by atoms with Gasteiger partial charge in [-0.2, -0.15) is 11.8 Å². The minimum absolute atomic E-state index is 0.00967. The summed E-state index contributed by atoms with van der Waals surface area (Å²) in [5.74, 6) is -1.22. The van der Waals surface area contributed by atoms with Gasteiger partial charge in [0.2, 0.25) is 0 Å². The Balaban J connectivity index is 2.60. The van der Waals surface area contributed by atoms with E-state index >= 15 is 0 Å². The van der Waals surface area contributed by atoms with Crippen LogP contribution in [0.25, 0.3) is 0 Å². The first-order valence-corrected chi connectivity index (χ1v) is 7.28. The van der Waals surface area contributed by atoms with Gasteiger partial charge < -0.3 is 15.5 Å². The first kappa shape index (κ1) is 16.4. The van der Waals surface area contributed by atoms with E-state index < -0.39 is 17.7 Å². The number of rotatable bonds is 7. The highest BCUT2D eigenvalue weighted by Gasteiger charge is 2.18. The summed E-state index contributed by atoms with van der Waals surface area (Å²) in [6.45, 7) is 1.98. The van der Waals surface area contributed by atoms with Gasteiger partial charge in [0, 0.05) is 23.4 Å². The minimum atomic E-state index is -1.13. The van der Waals surface area contributed by atoms with Gasteiger partial charge in [-0.3, -0.25) is 0 Å². The summed E-state index contributed by atoms with van der Waals surface area (Å²) in [4.78, 5) is 0. The smallest absolute Gasteiger partial charge is 0.129 e. The molecule has 1 rings (SSSR count). The van der Waals surface area contributed by atoms with Crippen LogP contribution in [-0.2, 0) is 0 Å². The van der Waals surface area contributed by atoms with Crippen LogP contribution in [0.15, 0.2) is 18.2 Å². The topological polar surface area (TPSA) is 52.5 Å². The van der Waals surface area contributed by atoms with E-state index in [2.05, 4.69) is 5.32 Å². The molecule has 0 aliphatic rings. The molecule has 0 radical (unpaired) electrons. The molecule has 108 valence electrons. The first-order chi connectivity index (χ1) is 8.99. The second kappa shape index (κ2) is 7.79. The van der Waals surface area contributed by atoms with Gasteiger partial charge in [-0.25, -0.2) is 8.78 Å². The molecular weight excluding hydrogens is 272 g/mol. The Bertz CT molecular complexity index is 402. The van der Waals surface area contributed by atoms with E-state index in [0.717, 1.165) is 18.2 Å². The summed E-state index contributed by atoms with van der Waals surface area (Å²) in [5.41, 5.74) is -0.0654. The SMILES string of the molecule is CSC(CO)C(C)NCC(O)c1cc(F)ccc1F. The molecule has 0 fully saturated rings. The summed E-state index contributed by atoms with van der Waals surface area (Å²) in [6.07, 6.45) is 0.751. The van der Waals surface area contributed by atoms with Gasteiger partial charge in [0.05, 0.1) is 12.7 Å². The van der Waals surface area contributed by atoms with Gasteiger partial charge in [-0.05, 0) is 31.4 Å². The maximum atomic E-state index is 13.4. The van der Waals surface area contributed by atoms with E-state index in [1.807, 2.05) is 13.2 Å². The van der Waals surface area contributed by atoms with E-state index in [4.69, 9.17) is 5.11 Å². The van der Waals surface area contributed by atoms with Gasteiger partial charge in [0.15, 0.2) is 0 Å². The number of halogens is 2. The molecule has 3 unspecified atom stereocenters. The molecule has 0 amide bonds. The Hall–Kier alpha value is -0.690. The van der Waals surface area contributed by atoms with Crippen molar-refractivity contribution < 1.29 is 19.0 Å². The summed E-state index contributed by atoms with van der Waals surface area (Å²) in [7, 11) is 0. The lowest BCUT2D eigenvalue weighted by atomic mass is 10.1. The number of thioether (sulfide) groups is 1. The average Bonchev–Trinajstić information content (AvgIpc) is 2.40. The molecule has 0 saturated carbocycles. The molecule has 0 aliphatic carbocycles. The van der Waals surface area contributed by atoms with Crippen molar-refractivity contribution in [2.24, 2.45) is 0 Å². The fraction of sp³-hybridized carbons (Fsp3) is 0.538. The number of nitrogens with one attached hydrogen (secondary N) is 1. The van der Waals surface area contributed by atoms with Gasteiger partial charge >= 0.3 is 0 Å². The Morgan fingerprint density at radius 3 is 2.63 bits per heavy atom. The number of hydrogen-bond acceptors (Lipinski definition) is 4. The van der Waals surface area contributed by atoms with Crippen LogP contribution in [0.4, 0.5) is 8.78 Å². The second-order valence-corrected chi connectivity index (χ2v) is 5.41. The molecule has 0 spiro atoms. The second-order valence-electron chi connectivity index (χ2n) is 4.34. The van der Waals surface area contributed by atoms with E-state index in [1.165, 1.54) is 11.8 Å². The fourth-order valence-corrected chi connectivity index (χ4v) is 2.40. The fourth-order valence-electron chi connectivity index (χ4n) is 1.75. The standard InChI is InChI=1S/C13H19F2NO2S/c1-8(13(7-17)19-2)16-6-12(18)10-5-9(14)3-4-11(10)15/h3-5,8,12-13,16-18H,6-7H2,1-2H3. The van der Waals surface area contributed by atoms with Gasteiger partial charge in [0.25, 0.3) is 0 Å². The Morgan fingerprint density at radius 2 is 2.05 bits per heavy atom. The highest BCUT2D eigenvalue weighted by molar-refractivity contribution is 7.99. The molecule has 0 saturated heterocycles. The van der Waals surface area contributed by atoms with E-state index in [-0.39, 0.29) is 30.0 Å². The van der Waals surface area contributed by atoms with Crippen LogP contribution >= 0.6 is 11.8 Å². The molecular formula is C13H19F2NO2S. The van der Waals surface area contributed by atoms with Crippen LogP contribution in [0.1, 0.15) is 18.6 Å². The zero-order valence-electron chi connectivity index (χ0n) is 10.9. The molecule has 0 heterocycles.